The molecule has 1 aromatic rings. The lowest BCUT2D eigenvalue weighted by Crippen LogP contribution is -2.67. The van der Waals surface area contributed by atoms with Gasteiger partial charge in [0.2, 0.25) is 5.91 Å². The number of likely N-dealkylation sites (tertiary alicyclic amines) is 1. The topological polar surface area (TPSA) is 113 Å². The molecule has 9 rings (SSSR count). The molecule has 11 heteroatoms. The minimum atomic E-state index is -4.51. The van der Waals surface area contributed by atoms with Gasteiger partial charge in [-0.15, -0.1) is 0 Å². The van der Waals surface area contributed by atoms with Crippen molar-refractivity contribution in [1.82, 2.24) is 14.9 Å². The van der Waals surface area contributed by atoms with Crippen molar-refractivity contribution in [3.05, 3.63) is 17.7 Å². The molecule has 8 aliphatic rings. The first-order chi connectivity index (χ1) is 27.0. The van der Waals surface area contributed by atoms with E-state index >= 15 is 4.79 Å². The van der Waals surface area contributed by atoms with Crippen LogP contribution in [0.25, 0.3) is 0 Å². The molecule has 58 heavy (non-hydrogen) atoms. The van der Waals surface area contributed by atoms with Crippen LogP contribution < -0.4 is 0 Å². The Morgan fingerprint density at radius 1 is 0.793 bits per heavy atom. The highest BCUT2D eigenvalue weighted by atomic mass is 19.4. The first kappa shape index (κ1) is 40.8. The Hall–Kier alpha value is -2.59. The third kappa shape index (κ3) is 5.43. The number of ether oxygens (including phenoxy) is 1. The number of carboxylic acids is 1. The van der Waals surface area contributed by atoms with Gasteiger partial charge >= 0.3 is 18.1 Å². The van der Waals surface area contributed by atoms with E-state index in [2.05, 4.69) is 51.5 Å². The van der Waals surface area contributed by atoms with Crippen molar-refractivity contribution in [2.45, 2.75) is 170 Å². The lowest BCUT2D eigenvalue weighted by atomic mass is 9.32. The molecule has 8 fully saturated rings. The van der Waals surface area contributed by atoms with E-state index in [0.29, 0.717) is 43.1 Å². The smallest absolute Gasteiger partial charge is 0.432 e. The molecule has 0 spiro atoms. The van der Waals surface area contributed by atoms with Crippen molar-refractivity contribution in [3.8, 4) is 0 Å². The molecule has 0 aromatic carbocycles. The summed E-state index contributed by atoms with van der Waals surface area (Å²) >= 11 is 0. The number of imidazole rings is 1. The standard InChI is InChI=1S/C47H68F3N3O5/c1-40(2)28(37(54)55)24-29(40)38(56)58-34-15-16-43(6)31(41(34,3)4)14-17-45(8)32(43)12-11-27-35-26(42(5)19-20-42)13-18-46(35,22-21-44(27,45)7)39(57)53-23-9-10-30(53)36-51-25-33(52-36)47(48,49)50/h25-32,34-35H,9-24H2,1-8H3,(H,51,52)(H,54,55)/t26?,27-,28+,29-,30+,31+,32-,34+,35-,43+,44-,45-,46+/m1/s1. The van der Waals surface area contributed by atoms with Gasteiger partial charge in [0.05, 0.1) is 29.5 Å². The molecule has 1 amide bonds. The van der Waals surface area contributed by atoms with Crippen LogP contribution in [0.3, 0.4) is 0 Å². The van der Waals surface area contributed by atoms with Crippen molar-refractivity contribution in [1.29, 1.82) is 0 Å². The van der Waals surface area contributed by atoms with Gasteiger partial charge in [0.25, 0.3) is 0 Å². The number of aromatic amines is 1. The summed E-state index contributed by atoms with van der Waals surface area (Å²) < 4.78 is 47.4. The molecular formula is C47H68F3N3O5. The fourth-order valence-electron chi connectivity index (χ4n) is 16.7. The maximum absolute atomic E-state index is 15.4. The van der Waals surface area contributed by atoms with Gasteiger partial charge in [-0.3, -0.25) is 14.4 Å². The number of fused-ring (bicyclic) bond motifs is 7. The Morgan fingerprint density at radius 2 is 1.52 bits per heavy atom. The van der Waals surface area contributed by atoms with Crippen molar-refractivity contribution >= 4 is 17.8 Å². The second-order valence-electron chi connectivity index (χ2n) is 23.3. The SMILES string of the molecule is CC1(C2CC[C@]3(C(=O)N4CCC[C@H]4c4ncc(C(F)(F)F)[nH]4)CC[C@]4(C)[C@H](CC[C@@H]5[C@@]6(C)CC[C@H](OC(=O)[C@H]7C[C@@H](C(=O)O)C7(C)C)C(C)(C)[C@@H]6CC[C@]54C)[C@@H]23)CC1. The Kier molecular flexibility index (Phi) is 8.96. The summed E-state index contributed by atoms with van der Waals surface area (Å²) in [6.07, 6.45) is 10.3. The largest absolute Gasteiger partial charge is 0.481 e. The molecule has 0 bridgehead atoms. The van der Waals surface area contributed by atoms with E-state index in [1.807, 2.05) is 18.7 Å². The number of nitrogens with one attached hydrogen (secondary N) is 1. The predicted octanol–water partition coefficient (Wildman–Crippen LogP) is 10.6. The zero-order valence-electron chi connectivity index (χ0n) is 36.2. The minimum absolute atomic E-state index is 0.0448. The zero-order chi connectivity index (χ0) is 41.8. The number of nitrogens with zero attached hydrogens (tertiary/aromatic N) is 2. The number of hydrogen-bond donors (Lipinski definition) is 2. The fraction of sp³-hybridized carbons (Fsp3) is 0.872. The van der Waals surface area contributed by atoms with E-state index in [0.717, 1.165) is 76.8 Å². The van der Waals surface area contributed by atoms with Gasteiger partial charge in [0, 0.05) is 12.0 Å². The van der Waals surface area contributed by atoms with Crippen LogP contribution in [0.4, 0.5) is 13.2 Å². The number of aromatic nitrogens is 2. The Bertz CT molecular complexity index is 1870. The zero-order valence-corrected chi connectivity index (χ0v) is 36.2. The molecule has 2 heterocycles. The van der Waals surface area contributed by atoms with Crippen LogP contribution in [-0.2, 0) is 25.3 Å². The number of aliphatic carboxylic acids is 1. The first-order valence-electron chi connectivity index (χ1n) is 22.8. The summed E-state index contributed by atoms with van der Waals surface area (Å²) in [6, 6.07) is -0.453. The number of rotatable bonds is 6. The summed E-state index contributed by atoms with van der Waals surface area (Å²) in [5.41, 5.74) is -1.75. The van der Waals surface area contributed by atoms with Crippen LogP contribution in [-0.4, -0.2) is 50.5 Å². The maximum atomic E-state index is 15.4. The maximum Gasteiger partial charge on any atom is 0.432 e. The minimum Gasteiger partial charge on any atom is -0.481 e. The normalized spacial score (nSPS) is 45.8. The van der Waals surface area contributed by atoms with Crippen LogP contribution in [0.1, 0.15) is 169 Å². The quantitative estimate of drug-likeness (QED) is 0.277. The molecule has 13 atom stereocenters. The van der Waals surface area contributed by atoms with Crippen LogP contribution in [0.15, 0.2) is 6.20 Å². The highest BCUT2D eigenvalue weighted by Gasteiger charge is 2.74. The molecule has 8 nitrogen and oxygen atoms in total. The van der Waals surface area contributed by atoms with E-state index < -0.39 is 46.5 Å². The second kappa shape index (κ2) is 12.7. The molecule has 1 unspecified atom stereocenters. The molecular weight excluding hydrogens is 744 g/mol. The molecule has 7 aliphatic carbocycles. The number of alkyl halides is 3. The Morgan fingerprint density at radius 3 is 2.16 bits per heavy atom. The van der Waals surface area contributed by atoms with Crippen molar-refractivity contribution in [2.75, 3.05) is 6.54 Å². The lowest BCUT2D eigenvalue weighted by Gasteiger charge is -2.73. The van der Waals surface area contributed by atoms with Gasteiger partial charge in [-0.05, 0) is 153 Å². The van der Waals surface area contributed by atoms with Crippen LogP contribution in [0.2, 0.25) is 0 Å². The average Bonchev–Trinajstić information content (AvgIpc) is 3.54. The fourth-order valence-corrected chi connectivity index (χ4v) is 16.7. The molecule has 1 aliphatic heterocycles. The predicted molar refractivity (Wildman–Crippen MR) is 212 cm³/mol. The number of carbonyl (C=O) groups excluding carboxylic acids is 2. The molecule has 7 saturated carbocycles. The average molecular weight is 812 g/mol. The molecule has 0 radical (unpaired) electrons. The molecule has 1 saturated heterocycles. The van der Waals surface area contributed by atoms with Crippen molar-refractivity contribution in [3.63, 3.8) is 0 Å². The number of halogens is 3. The van der Waals surface area contributed by atoms with Crippen LogP contribution in [0, 0.1) is 79.3 Å². The summed E-state index contributed by atoms with van der Waals surface area (Å²) in [7, 11) is 0. The second-order valence-corrected chi connectivity index (χ2v) is 23.3. The van der Waals surface area contributed by atoms with Gasteiger partial charge in [-0.2, -0.15) is 13.2 Å². The number of amides is 1. The van der Waals surface area contributed by atoms with Crippen LogP contribution >= 0.6 is 0 Å². The van der Waals surface area contributed by atoms with Gasteiger partial charge in [-0.25, -0.2) is 4.98 Å². The third-order valence-corrected chi connectivity index (χ3v) is 20.6. The number of hydrogen-bond acceptors (Lipinski definition) is 5. The third-order valence-electron chi connectivity index (χ3n) is 20.6. The van der Waals surface area contributed by atoms with Gasteiger partial charge < -0.3 is 19.7 Å². The number of H-pyrrole nitrogens is 1. The molecule has 322 valence electrons. The van der Waals surface area contributed by atoms with E-state index in [-0.39, 0.29) is 56.8 Å². The van der Waals surface area contributed by atoms with E-state index in [4.69, 9.17) is 4.74 Å². The number of esters is 1. The molecule has 2 N–H and O–H groups in total. The molecule has 1 aromatic heterocycles. The Balaban J connectivity index is 0.983. The van der Waals surface area contributed by atoms with Gasteiger partial charge in [0.1, 0.15) is 17.6 Å². The highest BCUT2D eigenvalue weighted by molar-refractivity contribution is 5.85. The van der Waals surface area contributed by atoms with Crippen LogP contribution in [0.5, 0.6) is 0 Å². The summed E-state index contributed by atoms with van der Waals surface area (Å²) in [5, 5.41) is 9.68. The lowest BCUT2D eigenvalue weighted by molar-refractivity contribution is -0.253. The summed E-state index contributed by atoms with van der Waals surface area (Å²) in [6.45, 7) is 19.1. The first-order valence-corrected chi connectivity index (χ1v) is 22.8. The number of carboxylic acid groups (broad SMARTS) is 1. The number of carbonyl (C=O) groups is 3. The Labute approximate surface area is 343 Å². The van der Waals surface area contributed by atoms with Crippen molar-refractivity contribution in [2.24, 2.45) is 79.3 Å². The van der Waals surface area contributed by atoms with Gasteiger partial charge in [-0.1, -0.05) is 55.4 Å². The highest BCUT2D eigenvalue weighted by Crippen LogP contribution is 2.79. The van der Waals surface area contributed by atoms with E-state index in [1.54, 1.807) is 0 Å². The van der Waals surface area contributed by atoms with Crippen molar-refractivity contribution < 1.29 is 37.4 Å². The monoisotopic (exact) mass is 812 g/mol. The summed E-state index contributed by atoms with van der Waals surface area (Å²) in [5.74, 6) is 0.485. The summed E-state index contributed by atoms with van der Waals surface area (Å²) in [4.78, 5) is 49.6. The van der Waals surface area contributed by atoms with E-state index in [1.165, 1.54) is 12.8 Å². The van der Waals surface area contributed by atoms with Gasteiger partial charge in [0.15, 0.2) is 0 Å². The van der Waals surface area contributed by atoms with E-state index in [9.17, 15) is 27.9 Å².